The molecular formula is C23H30O11. The molecule has 1 aliphatic heterocycles. The Morgan fingerprint density at radius 2 is 1.76 bits per heavy atom. The van der Waals surface area contributed by atoms with E-state index in [0.717, 1.165) is 5.56 Å². The van der Waals surface area contributed by atoms with Gasteiger partial charge in [-0.25, -0.2) is 0 Å². The van der Waals surface area contributed by atoms with E-state index >= 15 is 0 Å². The smallest absolute Gasteiger partial charge is 0.306 e. The van der Waals surface area contributed by atoms with E-state index < -0.39 is 61.6 Å². The zero-order chi connectivity index (χ0) is 25.3. The Bertz CT molecular complexity index is 851. The predicted octanol–water partition coefficient (Wildman–Crippen LogP) is -0.0717. The number of aliphatic carboxylic acids is 1. The number of carboxylic acid groups (broad SMARTS) is 1. The van der Waals surface area contributed by atoms with Gasteiger partial charge in [-0.1, -0.05) is 18.2 Å². The lowest BCUT2D eigenvalue weighted by Gasteiger charge is -2.40. The highest BCUT2D eigenvalue weighted by molar-refractivity contribution is 5.80. The van der Waals surface area contributed by atoms with Crippen LogP contribution in [0.2, 0.25) is 0 Å². The molecule has 11 nitrogen and oxygen atoms in total. The number of aromatic hydroxyl groups is 1. The lowest BCUT2D eigenvalue weighted by Crippen LogP contribution is -2.59. The van der Waals surface area contributed by atoms with Crippen molar-refractivity contribution in [3.8, 4) is 5.75 Å². The Morgan fingerprint density at radius 1 is 1.09 bits per heavy atom. The summed E-state index contributed by atoms with van der Waals surface area (Å²) in [6, 6.07) is 6.42. The molecule has 0 saturated carbocycles. The Labute approximate surface area is 196 Å². The third kappa shape index (κ3) is 7.89. The molecule has 0 aromatic heterocycles. The van der Waals surface area contributed by atoms with Gasteiger partial charge in [-0.3, -0.25) is 14.4 Å². The van der Waals surface area contributed by atoms with E-state index in [4.69, 9.17) is 19.3 Å². The van der Waals surface area contributed by atoms with Crippen LogP contribution >= 0.6 is 0 Å². The van der Waals surface area contributed by atoms with E-state index in [9.17, 15) is 34.8 Å². The van der Waals surface area contributed by atoms with E-state index in [-0.39, 0.29) is 24.4 Å². The Balaban J connectivity index is 1.91. The number of phenolic OH excluding ortho intramolecular Hbond substituents is 1. The minimum Gasteiger partial charge on any atom is -0.508 e. The second kappa shape index (κ2) is 13.2. The Morgan fingerprint density at radius 3 is 2.35 bits per heavy atom. The van der Waals surface area contributed by atoms with Crippen molar-refractivity contribution in [2.24, 2.45) is 5.92 Å². The fourth-order valence-corrected chi connectivity index (χ4v) is 3.50. The number of carbonyl (C=O) groups is 3. The topological polar surface area (TPSA) is 180 Å². The van der Waals surface area contributed by atoms with Crippen LogP contribution in [0.3, 0.4) is 0 Å². The van der Waals surface area contributed by atoms with E-state index in [1.165, 1.54) is 18.2 Å². The number of hydrogen-bond donors (Lipinski definition) is 5. The molecule has 1 unspecified atom stereocenters. The summed E-state index contributed by atoms with van der Waals surface area (Å²) >= 11 is 0. The minimum absolute atomic E-state index is 0.0938. The van der Waals surface area contributed by atoms with Gasteiger partial charge in [0.15, 0.2) is 6.29 Å². The Hall–Kier alpha value is -2.83. The number of esters is 1. The van der Waals surface area contributed by atoms with Crippen molar-refractivity contribution >= 4 is 18.2 Å². The van der Waals surface area contributed by atoms with Crippen LogP contribution in [0.15, 0.2) is 35.9 Å². The lowest BCUT2D eigenvalue weighted by molar-refractivity contribution is -0.301. The molecule has 1 fully saturated rings. The molecule has 1 aromatic rings. The van der Waals surface area contributed by atoms with Gasteiger partial charge in [0, 0.05) is 5.92 Å². The van der Waals surface area contributed by atoms with Crippen LogP contribution in [0.5, 0.6) is 5.75 Å². The van der Waals surface area contributed by atoms with Gasteiger partial charge in [-0.05, 0) is 36.6 Å². The summed E-state index contributed by atoms with van der Waals surface area (Å²) < 4.78 is 16.1. The average Bonchev–Trinajstić information content (AvgIpc) is 2.80. The molecule has 1 heterocycles. The number of rotatable bonds is 12. The molecule has 0 radical (unpaired) electrons. The van der Waals surface area contributed by atoms with Crippen LogP contribution in [-0.2, 0) is 35.0 Å². The largest absolute Gasteiger partial charge is 0.508 e. The summed E-state index contributed by atoms with van der Waals surface area (Å²) in [5, 5.41) is 48.8. The van der Waals surface area contributed by atoms with Crippen molar-refractivity contribution < 1.29 is 54.1 Å². The van der Waals surface area contributed by atoms with Gasteiger partial charge in [0.05, 0.1) is 19.4 Å². The van der Waals surface area contributed by atoms with Gasteiger partial charge in [0.2, 0.25) is 0 Å². The number of aliphatic hydroxyl groups is 3. The zero-order valence-corrected chi connectivity index (χ0v) is 18.6. The monoisotopic (exact) mass is 482 g/mol. The van der Waals surface area contributed by atoms with Gasteiger partial charge in [0.1, 0.15) is 43.1 Å². The van der Waals surface area contributed by atoms with Gasteiger partial charge < -0.3 is 39.7 Å². The van der Waals surface area contributed by atoms with Gasteiger partial charge in [-0.15, -0.1) is 0 Å². The normalized spacial score (nSPS) is 26.0. The molecular weight excluding hydrogens is 452 g/mol. The number of ether oxygens (including phenoxy) is 3. The summed E-state index contributed by atoms with van der Waals surface area (Å²) in [5.41, 5.74) is 0.995. The first-order chi connectivity index (χ1) is 16.2. The first-order valence-electron chi connectivity index (χ1n) is 10.7. The molecule has 6 atom stereocenters. The van der Waals surface area contributed by atoms with E-state index in [0.29, 0.717) is 12.7 Å². The number of carboxylic acids is 1. The average molecular weight is 482 g/mol. The van der Waals surface area contributed by atoms with E-state index in [1.54, 1.807) is 19.1 Å². The second-order valence-corrected chi connectivity index (χ2v) is 7.89. The van der Waals surface area contributed by atoms with Crippen molar-refractivity contribution in [3.05, 3.63) is 41.5 Å². The highest BCUT2D eigenvalue weighted by atomic mass is 16.7. The third-order valence-corrected chi connectivity index (χ3v) is 5.46. The van der Waals surface area contributed by atoms with Gasteiger partial charge in [0.25, 0.3) is 0 Å². The fraction of sp³-hybridized carbons (Fsp3) is 0.522. The molecule has 1 saturated heterocycles. The number of benzene rings is 1. The van der Waals surface area contributed by atoms with Gasteiger partial charge >= 0.3 is 11.9 Å². The number of aldehydes is 1. The predicted molar refractivity (Wildman–Crippen MR) is 116 cm³/mol. The summed E-state index contributed by atoms with van der Waals surface area (Å²) in [5.74, 6) is -2.77. The minimum atomic E-state index is -1.62. The number of allylic oxidation sites excluding steroid dienone is 2. The molecule has 0 spiro atoms. The van der Waals surface area contributed by atoms with Crippen molar-refractivity contribution in [1.29, 1.82) is 0 Å². The van der Waals surface area contributed by atoms with Gasteiger partial charge in [-0.2, -0.15) is 0 Å². The second-order valence-electron chi connectivity index (χ2n) is 7.89. The van der Waals surface area contributed by atoms with Crippen molar-refractivity contribution in [2.75, 3.05) is 13.2 Å². The van der Waals surface area contributed by atoms with E-state index in [1.807, 2.05) is 0 Å². The van der Waals surface area contributed by atoms with Crippen LogP contribution < -0.4 is 0 Å². The van der Waals surface area contributed by atoms with Crippen LogP contribution in [0.1, 0.15) is 25.3 Å². The summed E-state index contributed by atoms with van der Waals surface area (Å²) in [7, 11) is 0. The summed E-state index contributed by atoms with van der Waals surface area (Å²) in [6.45, 7) is 1.15. The summed E-state index contributed by atoms with van der Waals surface area (Å²) in [6.07, 6.45) is -5.78. The maximum atomic E-state index is 12.2. The first kappa shape index (κ1) is 27.4. The van der Waals surface area contributed by atoms with Crippen molar-refractivity contribution in [3.63, 3.8) is 0 Å². The number of aliphatic hydroxyl groups excluding tert-OH is 3. The van der Waals surface area contributed by atoms with Crippen LogP contribution in [0, 0.1) is 5.92 Å². The third-order valence-electron chi connectivity index (χ3n) is 5.46. The molecule has 0 aliphatic carbocycles. The van der Waals surface area contributed by atoms with Crippen molar-refractivity contribution in [2.45, 2.75) is 56.9 Å². The number of hydrogen-bond acceptors (Lipinski definition) is 10. The standard InChI is InChI=1S/C23H30O11/c1-2-14(11-24)15(9-18(26)27)10-19(28)33-12-17-20(29)21(30)22(31)23(34-17)32-8-7-13-3-5-16(25)6-4-13/h2-6,11,15,17,20-23,25,29-31H,7-10,12H2,1H3,(H,26,27)/b14-2-/t15?,17-,20-,21+,22-,23-/m1/s1. The fourth-order valence-electron chi connectivity index (χ4n) is 3.50. The van der Waals surface area contributed by atoms with Crippen LogP contribution in [0.25, 0.3) is 0 Å². The first-order valence-corrected chi connectivity index (χ1v) is 10.7. The highest BCUT2D eigenvalue weighted by Crippen LogP contribution is 2.24. The molecule has 11 heteroatoms. The SMILES string of the molecule is C/C=C(/C=O)C(CC(=O)O)CC(=O)OC[C@H]1O[C@@H](OCCc2ccc(O)cc2)[C@H](O)[C@@H](O)[C@@H]1O. The molecule has 1 aliphatic rings. The molecule has 2 rings (SSSR count). The molecule has 34 heavy (non-hydrogen) atoms. The van der Waals surface area contributed by atoms with E-state index in [2.05, 4.69) is 0 Å². The molecule has 0 amide bonds. The maximum absolute atomic E-state index is 12.2. The number of carbonyl (C=O) groups excluding carboxylic acids is 2. The number of phenols is 1. The maximum Gasteiger partial charge on any atom is 0.306 e. The molecule has 0 bridgehead atoms. The quantitative estimate of drug-likeness (QED) is 0.153. The Kier molecular flexibility index (Phi) is 10.6. The molecule has 188 valence electrons. The lowest BCUT2D eigenvalue weighted by atomic mass is 9.93. The van der Waals surface area contributed by atoms with Crippen LogP contribution in [-0.4, -0.2) is 87.7 Å². The molecule has 1 aromatic carbocycles. The van der Waals surface area contributed by atoms with Crippen molar-refractivity contribution in [1.82, 2.24) is 0 Å². The molecule has 5 N–H and O–H groups in total. The highest BCUT2D eigenvalue weighted by Gasteiger charge is 2.44. The zero-order valence-electron chi connectivity index (χ0n) is 18.6. The van der Waals surface area contributed by atoms with Crippen LogP contribution in [0.4, 0.5) is 0 Å². The summed E-state index contributed by atoms with van der Waals surface area (Å²) in [4.78, 5) is 34.4.